The van der Waals surface area contributed by atoms with Crippen LogP contribution in [0.4, 0.5) is 0 Å². The van der Waals surface area contributed by atoms with E-state index in [4.69, 9.17) is 5.73 Å². The third-order valence-electron chi connectivity index (χ3n) is 3.66. The second-order valence-electron chi connectivity index (χ2n) is 5.22. The van der Waals surface area contributed by atoms with Crippen LogP contribution in [0.3, 0.4) is 0 Å². The van der Waals surface area contributed by atoms with Crippen molar-refractivity contribution < 1.29 is 9.90 Å². The van der Waals surface area contributed by atoms with E-state index >= 15 is 0 Å². The van der Waals surface area contributed by atoms with Crippen molar-refractivity contribution in [3.8, 4) is 5.75 Å². The second-order valence-corrected chi connectivity index (χ2v) is 6.93. The SMILES string of the molecule is NC(=O)CN(Cc1cc(Br)c(O)c(Br)c1)C1CCCC1. The number of nitrogens with two attached hydrogens (primary N) is 1. The molecule has 1 amide bonds. The minimum Gasteiger partial charge on any atom is -0.506 e. The number of hydrogen-bond donors (Lipinski definition) is 2. The lowest BCUT2D eigenvalue weighted by Gasteiger charge is -2.27. The summed E-state index contributed by atoms with van der Waals surface area (Å²) < 4.78 is 1.29. The Labute approximate surface area is 135 Å². The van der Waals surface area contributed by atoms with E-state index in [9.17, 15) is 9.90 Å². The summed E-state index contributed by atoms with van der Waals surface area (Å²) in [5.41, 5.74) is 6.40. The van der Waals surface area contributed by atoms with Gasteiger partial charge in [0.15, 0.2) is 0 Å². The molecule has 0 heterocycles. The molecule has 0 spiro atoms. The van der Waals surface area contributed by atoms with Gasteiger partial charge in [0, 0.05) is 12.6 Å². The molecular weight excluding hydrogens is 388 g/mol. The zero-order valence-corrected chi connectivity index (χ0v) is 14.3. The first-order chi connectivity index (χ1) is 9.47. The number of rotatable bonds is 5. The number of benzene rings is 1. The Morgan fingerprint density at radius 2 is 1.85 bits per heavy atom. The molecule has 0 unspecified atom stereocenters. The first-order valence-corrected chi connectivity index (χ1v) is 8.25. The van der Waals surface area contributed by atoms with Gasteiger partial charge in [0.1, 0.15) is 5.75 Å². The molecule has 0 saturated heterocycles. The molecule has 1 fully saturated rings. The number of nitrogens with zero attached hydrogens (tertiary/aromatic N) is 1. The number of phenols is 1. The van der Waals surface area contributed by atoms with Crippen LogP contribution in [0.2, 0.25) is 0 Å². The molecule has 20 heavy (non-hydrogen) atoms. The molecular formula is C14H18Br2N2O2. The Morgan fingerprint density at radius 1 is 1.30 bits per heavy atom. The van der Waals surface area contributed by atoms with E-state index < -0.39 is 0 Å². The molecule has 1 aliphatic rings. The zero-order valence-electron chi connectivity index (χ0n) is 11.1. The minimum absolute atomic E-state index is 0.191. The maximum atomic E-state index is 11.3. The lowest BCUT2D eigenvalue weighted by Crippen LogP contribution is -2.39. The number of carbonyl (C=O) groups is 1. The Morgan fingerprint density at radius 3 is 2.35 bits per heavy atom. The van der Waals surface area contributed by atoms with Crippen molar-refractivity contribution in [1.82, 2.24) is 4.90 Å². The number of aromatic hydroxyl groups is 1. The Balaban J connectivity index is 2.16. The number of hydrogen-bond acceptors (Lipinski definition) is 3. The standard InChI is InChI=1S/C14H18Br2N2O2/c15-11-5-9(6-12(16)14(11)20)7-18(8-13(17)19)10-3-1-2-4-10/h5-6,10,20H,1-4,7-8H2,(H2,17,19). The largest absolute Gasteiger partial charge is 0.506 e. The van der Waals surface area contributed by atoms with Crippen molar-refractivity contribution in [3.63, 3.8) is 0 Å². The molecule has 6 heteroatoms. The van der Waals surface area contributed by atoms with E-state index in [1.165, 1.54) is 12.8 Å². The van der Waals surface area contributed by atoms with Crippen LogP contribution >= 0.6 is 31.9 Å². The average molecular weight is 406 g/mol. The lowest BCUT2D eigenvalue weighted by molar-refractivity contribution is -0.119. The molecule has 1 saturated carbocycles. The van der Waals surface area contributed by atoms with Gasteiger partial charge >= 0.3 is 0 Å². The summed E-state index contributed by atoms with van der Waals surface area (Å²) >= 11 is 6.66. The van der Waals surface area contributed by atoms with E-state index in [2.05, 4.69) is 36.8 Å². The van der Waals surface area contributed by atoms with E-state index in [1.54, 1.807) is 0 Å². The van der Waals surface area contributed by atoms with Gasteiger partial charge in [-0.2, -0.15) is 0 Å². The Hall–Kier alpha value is -0.590. The summed E-state index contributed by atoms with van der Waals surface area (Å²) in [6, 6.07) is 4.18. The highest BCUT2D eigenvalue weighted by atomic mass is 79.9. The number of primary amides is 1. The van der Waals surface area contributed by atoms with Crippen LogP contribution in [0.1, 0.15) is 31.2 Å². The van der Waals surface area contributed by atoms with Gasteiger partial charge in [-0.15, -0.1) is 0 Å². The van der Waals surface area contributed by atoms with Crippen molar-refractivity contribution in [2.45, 2.75) is 38.3 Å². The summed E-state index contributed by atoms with van der Waals surface area (Å²) in [5.74, 6) is -0.107. The number of halogens is 2. The molecule has 3 N–H and O–H groups in total. The highest BCUT2D eigenvalue weighted by Gasteiger charge is 2.24. The van der Waals surface area contributed by atoms with Crippen LogP contribution in [0.5, 0.6) is 5.75 Å². The predicted molar refractivity (Wildman–Crippen MR) is 85.4 cm³/mol. The Kier molecular flexibility index (Phi) is 5.46. The van der Waals surface area contributed by atoms with E-state index in [1.807, 2.05) is 12.1 Å². The van der Waals surface area contributed by atoms with E-state index in [0.717, 1.165) is 18.4 Å². The fraction of sp³-hybridized carbons (Fsp3) is 0.500. The van der Waals surface area contributed by atoms with Crippen LogP contribution in [0.25, 0.3) is 0 Å². The van der Waals surface area contributed by atoms with Crippen molar-refractivity contribution in [3.05, 3.63) is 26.6 Å². The molecule has 0 aromatic heterocycles. The zero-order chi connectivity index (χ0) is 14.7. The number of phenolic OH excluding ortho intramolecular Hbond substituents is 1. The molecule has 0 radical (unpaired) electrons. The fourth-order valence-electron chi connectivity index (χ4n) is 2.73. The molecule has 1 aliphatic carbocycles. The first kappa shape index (κ1) is 15.8. The van der Waals surface area contributed by atoms with Gasteiger partial charge in [-0.1, -0.05) is 12.8 Å². The smallest absolute Gasteiger partial charge is 0.231 e. The molecule has 2 rings (SSSR count). The lowest BCUT2D eigenvalue weighted by atomic mass is 10.1. The van der Waals surface area contributed by atoms with Crippen LogP contribution in [-0.2, 0) is 11.3 Å². The van der Waals surface area contributed by atoms with E-state index in [-0.39, 0.29) is 18.2 Å². The Bertz CT molecular complexity index is 479. The van der Waals surface area contributed by atoms with Gasteiger partial charge in [-0.3, -0.25) is 9.69 Å². The van der Waals surface area contributed by atoms with Crippen molar-refractivity contribution in [1.29, 1.82) is 0 Å². The van der Waals surface area contributed by atoms with Gasteiger partial charge in [0.2, 0.25) is 5.91 Å². The first-order valence-electron chi connectivity index (χ1n) is 6.66. The maximum Gasteiger partial charge on any atom is 0.231 e. The van der Waals surface area contributed by atoms with Crippen molar-refractivity contribution in [2.75, 3.05) is 6.54 Å². The molecule has 110 valence electrons. The van der Waals surface area contributed by atoms with Gasteiger partial charge in [0.05, 0.1) is 15.5 Å². The number of amides is 1. The third-order valence-corrected chi connectivity index (χ3v) is 4.87. The highest BCUT2D eigenvalue weighted by molar-refractivity contribution is 9.11. The minimum atomic E-state index is -0.297. The molecule has 1 aromatic rings. The summed E-state index contributed by atoms with van der Waals surface area (Å²) in [7, 11) is 0. The second kappa shape index (κ2) is 6.91. The molecule has 0 aliphatic heterocycles. The molecule has 0 atom stereocenters. The molecule has 0 bridgehead atoms. The van der Waals surface area contributed by atoms with E-state index in [0.29, 0.717) is 21.5 Å². The fourth-order valence-corrected chi connectivity index (χ4v) is 4.01. The average Bonchev–Trinajstić information content (AvgIpc) is 2.88. The van der Waals surface area contributed by atoms with Gasteiger partial charge < -0.3 is 10.8 Å². The van der Waals surface area contributed by atoms with Gasteiger partial charge in [0.25, 0.3) is 0 Å². The summed E-state index contributed by atoms with van der Waals surface area (Å²) in [5, 5.41) is 9.74. The summed E-state index contributed by atoms with van der Waals surface area (Å²) in [4.78, 5) is 13.4. The molecule has 4 nitrogen and oxygen atoms in total. The molecule has 1 aromatic carbocycles. The van der Waals surface area contributed by atoms with Crippen LogP contribution in [0, 0.1) is 0 Å². The van der Waals surface area contributed by atoms with Gasteiger partial charge in [-0.05, 0) is 62.4 Å². The third kappa shape index (κ3) is 3.96. The van der Waals surface area contributed by atoms with Crippen LogP contribution in [-0.4, -0.2) is 28.5 Å². The quantitative estimate of drug-likeness (QED) is 0.790. The van der Waals surface area contributed by atoms with Gasteiger partial charge in [-0.25, -0.2) is 0 Å². The number of carbonyl (C=O) groups excluding carboxylic acids is 1. The summed E-state index contributed by atoms with van der Waals surface area (Å²) in [6.45, 7) is 0.936. The van der Waals surface area contributed by atoms with Crippen molar-refractivity contribution in [2.24, 2.45) is 5.73 Å². The maximum absolute atomic E-state index is 11.3. The van der Waals surface area contributed by atoms with Crippen LogP contribution in [0.15, 0.2) is 21.1 Å². The summed E-state index contributed by atoms with van der Waals surface area (Å²) in [6.07, 6.45) is 4.66. The van der Waals surface area contributed by atoms with Crippen molar-refractivity contribution >= 4 is 37.8 Å². The highest BCUT2D eigenvalue weighted by Crippen LogP contribution is 2.34. The predicted octanol–water partition coefficient (Wildman–Crippen LogP) is 3.15. The topological polar surface area (TPSA) is 66.6 Å². The monoisotopic (exact) mass is 404 g/mol. The van der Waals surface area contributed by atoms with Crippen LogP contribution < -0.4 is 5.73 Å². The normalized spacial score (nSPS) is 15.9.